The molecule has 0 spiro atoms. The highest BCUT2D eigenvalue weighted by atomic mass is 16.6. The van der Waals surface area contributed by atoms with E-state index in [9.17, 15) is 9.59 Å². The maximum absolute atomic E-state index is 11.8. The Hall–Kier alpha value is -1.84. The molecule has 0 N–H and O–H groups in total. The highest BCUT2D eigenvalue weighted by Gasteiger charge is 2.07. The van der Waals surface area contributed by atoms with Crippen molar-refractivity contribution in [3.8, 4) is 0 Å². The Kier molecular flexibility index (Phi) is 17.6. The van der Waals surface area contributed by atoms with Crippen molar-refractivity contribution in [2.24, 2.45) is 0 Å². The van der Waals surface area contributed by atoms with Crippen LogP contribution >= 0.6 is 0 Å². The van der Waals surface area contributed by atoms with E-state index in [-0.39, 0.29) is 25.2 Å². The lowest BCUT2D eigenvalue weighted by molar-refractivity contribution is -0.144. The topological polar surface area (TPSA) is 52.6 Å². The minimum Gasteiger partial charge on any atom is -0.462 e. The predicted octanol–water partition coefficient (Wildman–Crippen LogP) is 7.65. The lowest BCUT2D eigenvalue weighted by Gasteiger charge is -2.06. The molecule has 0 saturated heterocycles. The number of unbranched alkanes of at least 4 members (excludes halogenated alkanes) is 14. The number of benzene rings is 1. The molecule has 0 aromatic heterocycles. The van der Waals surface area contributed by atoms with Crippen molar-refractivity contribution in [3.05, 3.63) is 35.9 Å². The molecule has 31 heavy (non-hydrogen) atoms. The predicted molar refractivity (Wildman–Crippen MR) is 127 cm³/mol. The molecule has 0 unspecified atom stereocenters. The molecule has 0 amide bonds. The second kappa shape index (κ2) is 20.1. The summed E-state index contributed by atoms with van der Waals surface area (Å²) in [7, 11) is 0. The first-order valence-electron chi connectivity index (χ1n) is 12.6. The molecule has 0 fully saturated rings. The van der Waals surface area contributed by atoms with E-state index in [1.807, 2.05) is 6.07 Å². The van der Waals surface area contributed by atoms with Crippen molar-refractivity contribution in [2.75, 3.05) is 13.2 Å². The molecule has 0 bridgehead atoms. The van der Waals surface area contributed by atoms with Gasteiger partial charge in [-0.25, -0.2) is 4.79 Å². The lowest BCUT2D eigenvalue weighted by Crippen LogP contribution is -2.13. The minimum atomic E-state index is -0.390. The van der Waals surface area contributed by atoms with Crippen LogP contribution in [0.15, 0.2) is 30.3 Å². The summed E-state index contributed by atoms with van der Waals surface area (Å²) in [6.45, 7) is 2.49. The molecule has 1 aromatic carbocycles. The van der Waals surface area contributed by atoms with Crippen molar-refractivity contribution >= 4 is 11.9 Å². The molecule has 0 aliphatic rings. The van der Waals surface area contributed by atoms with Gasteiger partial charge in [0.2, 0.25) is 0 Å². The van der Waals surface area contributed by atoms with Crippen molar-refractivity contribution in [3.63, 3.8) is 0 Å². The fourth-order valence-electron chi connectivity index (χ4n) is 3.66. The van der Waals surface area contributed by atoms with Gasteiger partial charge in [0.05, 0.1) is 5.56 Å². The summed E-state index contributed by atoms with van der Waals surface area (Å²) in [5.41, 5.74) is 0.506. The van der Waals surface area contributed by atoms with Crippen LogP contribution in [0, 0.1) is 0 Å². The number of carbonyl (C=O) groups excluding carboxylic acids is 2. The third kappa shape index (κ3) is 16.5. The molecule has 0 aliphatic carbocycles. The largest absolute Gasteiger partial charge is 0.462 e. The second-order valence-corrected chi connectivity index (χ2v) is 8.42. The first-order chi connectivity index (χ1) is 15.2. The van der Waals surface area contributed by atoms with E-state index in [1.165, 1.54) is 83.5 Å². The zero-order chi connectivity index (χ0) is 22.4. The van der Waals surface area contributed by atoms with Crippen LogP contribution in [0.2, 0.25) is 0 Å². The van der Waals surface area contributed by atoms with Gasteiger partial charge < -0.3 is 9.47 Å². The fraction of sp³-hybridized carbons (Fsp3) is 0.704. The highest BCUT2D eigenvalue weighted by Crippen LogP contribution is 2.13. The smallest absolute Gasteiger partial charge is 0.338 e. The molecule has 4 heteroatoms. The summed E-state index contributed by atoms with van der Waals surface area (Å²) in [5.74, 6) is -0.593. The number of esters is 2. The SMILES string of the molecule is CCCCCCCCCCCCCCCCCC(=O)OCCOC(=O)c1ccccc1. The normalized spacial score (nSPS) is 10.7. The Morgan fingerprint density at radius 2 is 1.06 bits per heavy atom. The average molecular weight is 433 g/mol. The molecule has 0 heterocycles. The first-order valence-corrected chi connectivity index (χ1v) is 12.6. The Morgan fingerprint density at radius 3 is 1.58 bits per heavy atom. The number of ether oxygens (including phenoxy) is 2. The maximum atomic E-state index is 11.8. The lowest BCUT2D eigenvalue weighted by atomic mass is 10.0. The van der Waals surface area contributed by atoms with Gasteiger partial charge in [-0.05, 0) is 18.6 Å². The second-order valence-electron chi connectivity index (χ2n) is 8.42. The standard InChI is InChI=1S/C27H44O4/c1-2-3-4-5-6-7-8-9-10-11-12-13-14-15-19-22-26(28)30-23-24-31-27(29)25-20-17-16-18-21-25/h16-18,20-21H,2-15,19,22-24H2,1H3. The van der Waals surface area contributed by atoms with Gasteiger partial charge in [0.25, 0.3) is 0 Å². The van der Waals surface area contributed by atoms with E-state index in [1.54, 1.807) is 24.3 Å². The molecule has 4 nitrogen and oxygen atoms in total. The van der Waals surface area contributed by atoms with Crippen LogP contribution in [0.4, 0.5) is 0 Å². The molecule has 0 radical (unpaired) electrons. The van der Waals surface area contributed by atoms with Crippen molar-refractivity contribution < 1.29 is 19.1 Å². The van der Waals surface area contributed by atoms with E-state index in [0.717, 1.165) is 12.8 Å². The quantitative estimate of drug-likeness (QED) is 0.157. The third-order valence-corrected chi connectivity index (χ3v) is 5.57. The molecular formula is C27H44O4. The van der Waals surface area contributed by atoms with E-state index in [2.05, 4.69) is 6.92 Å². The zero-order valence-corrected chi connectivity index (χ0v) is 19.7. The fourth-order valence-corrected chi connectivity index (χ4v) is 3.66. The zero-order valence-electron chi connectivity index (χ0n) is 19.7. The van der Waals surface area contributed by atoms with E-state index >= 15 is 0 Å². The highest BCUT2D eigenvalue weighted by molar-refractivity contribution is 5.89. The molecule has 1 rings (SSSR count). The monoisotopic (exact) mass is 432 g/mol. The third-order valence-electron chi connectivity index (χ3n) is 5.57. The Balaban J connectivity index is 1.80. The van der Waals surface area contributed by atoms with Gasteiger partial charge in [-0.15, -0.1) is 0 Å². The molecule has 176 valence electrons. The van der Waals surface area contributed by atoms with E-state index < -0.39 is 0 Å². The summed E-state index contributed by atoms with van der Waals surface area (Å²) < 4.78 is 10.2. The Bertz CT molecular complexity index is 556. The van der Waals surface area contributed by atoms with Gasteiger partial charge in [0, 0.05) is 6.42 Å². The molecule has 1 aromatic rings. The summed E-state index contributed by atoms with van der Waals surface area (Å²) in [6.07, 6.45) is 20.1. The number of rotatable bonds is 20. The van der Waals surface area contributed by atoms with Crippen molar-refractivity contribution in [1.82, 2.24) is 0 Å². The Labute approximate surface area is 190 Å². The summed E-state index contributed by atoms with van der Waals surface area (Å²) >= 11 is 0. The number of hydrogen-bond donors (Lipinski definition) is 0. The van der Waals surface area contributed by atoms with Crippen LogP contribution in [-0.4, -0.2) is 25.2 Å². The van der Waals surface area contributed by atoms with Crippen LogP contribution < -0.4 is 0 Å². The molecular weight excluding hydrogens is 388 g/mol. The molecule has 0 aliphatic heterocycles. The summed E-state index contributed by atoms with van der Waals surface area (Å²) in [4.78, 5) is 23.5. The first kappa shape index (κ1) is 27.2. The summed E-state index contributed by atoms with van der Waals surface area (Å²) in [5, 5.41) is 0. The maximum Gasteiger partial charge on any atom is 0.338 e. The van der Waals surface area contributed by atoms with E-state index in [4.69, 9.17) is 9.47 Å². The van der Waals surface area contributed by atoms with Gasteiger partial charge in [-0.1, -0.05) is 115 Å². The van der Waals surface area contributed by atoms with Gasteiger partial charge >= 0.3 is 11.9 Å². The van der Waals surface area contributed by atoms with E-state index in [0.29, 0.717) is 12.0 Å². The van der Waals surface area contributed by atoms with Crippen molar-refractivity contribution in [1.29, 1.82) is 0 Å². The molecule has 0 atom stereocenters. The van der Waals surface area contributed by atoms with Crippen LogP contribution in [0.5, 0.6) is 0 Å². The van der Waals surface area contributed by atoms with Crippen LogP contribution in [0.3, 0.4) is 0 Å². The van der Waals surface area contributed by atoms with Crippen LogP contribution in [0.1, 0.15) is 120 Å². The van der Waals surface area contributed by atoms with Crippen molar-refractivity contribution in [2.45, 2.75) is 110 Å². The average Bonchev–Trinajstić information content (AvgIpc) is 2.79. The minimum absolute atomic E-state index is 0.0956. The van der Waals surface area contributed by atoms with Crippen LogP contribution in [0.25, 0.3) is 0 Å². The van der Waals surface area contributed by atoms with Gasteiger partial charge in [0.15, 0.2) is 0 Å². The van der Waals surface area contributed by atoms with Gasteiger partial charge in [0.1, 0.15) is 13.2 Å². The summed E-state index contributed by atoms with van der Waals surface area (Å²) in [6, 6.07) is 8.81. The number of hydrogen-bond acceptors (Lipinski definition) is 4. The number of carbonyl (C=O) groups is 2. The Morgan fingerprint density at radius 1 is 0.613 bits per heavy atom. The van der Waals surface area contributed by atoms with Gasteiger partial charge in [-0.2, -0.15) is 0 Å². The molecule has 0 saturated carbocycles. The van der Waals surface area contributed by atoms with Crippen LogP contribution in [-0.2, 0) is 14.3 Å². The van der Waals surface area contributed by atoms with Gasteiger partial charge in [-0.3, -0.25) is 4.79 Å².